The first-order chi connectivity index (χ1) is 10.7. The first-order valence-electron chi connectivity index (χ1n) is 8.08. The van der Waals surface area contributed by atoms with Crippen molar-refractivity contribution in [2.75, 3.05) is 26.2 Å². The van der Waals surface area contributed by atoms with Crippen LogP contribution in [0.5, 0.6) is 0 Å². The highest BCUT2D eigenvalue weighted by atomic mass is 31.1. The molecule has 22 heavy (non-hydrogen) atoms. The van der Waals surface area contributed by atoms with Crippen molar-refractivity contribution >= 4 is 24.4 Å². The molecule has 0 spiro atoms. The number of H-pyrrole nitrogens is 1. The number of pyridine rings is 1. The van der Waals surface area contributed by atoms with E-state index in [1.807, 2.05) is 24.3 Å². The van der Waals surface area contributed by atoms with Crippen molar-refractivity contribution in [1.29, 1.82) is 0 Å². The van der Waals surface area contributed by atoms with Gasteiger partial charge in [0.15, 0.2) is 0 Å². The maximum atomic E-state index is 12.4. The van der Waals surface area contributed by atoms with Gasteiger partial charge < -0.3 is 4.98 Å². The maximum Gasteiger partial charge on any atom is 0.256 e. The van der Waals surface area contributed by atoms with Crippen molar-refractivity contribution in [3.05, 3.63) is 40.7 Å². The molecule has 1 N–H and O–H groups in total. The molecule has 1 aromatic carbocycles. The van der Waals surface area contributed by atoms with E-state index in [-0.39, 0.29) is 5.56 Å². The lowest BCUT2D eigenvalue weighted by atomic mass is 10.2. The summed E-state index contributed by atoms with van der Waals surface area (Å²) in [5.74, 6) is 0. The molecule has 1 aromatic heterocycles. The third-order valence-electron chi connectivity index (χ3n) is 3.95. The summed E-state index contributed by atoms with van der Waals surface area (Å²) in [7, 11) is -0.661. The summed E-state index contributed by atoms with van der Waals surface area (Å²) in [4.78, 5) is 15.6. The van der Waals surface area contributed by atoms with Crippen molar-refractivity contribution in [2.45, 2.75) is 27.7 Å². The second-order valence-corrected chi connectivity index (χ2v) is 7.33. The zero-order chi connectivity index (χ0) is 16.1. The minimum atomic E-state index is -0.661. The van der Waals surface area contributed by atoms with Gasteiger partial charge in [-0.1, -0.05) is 45.9 Å². The minimum absolute atomic E-state index is 0.0138. The molecule has 0 saturated carbocycles. The van der Waals surface area contributed by atoms with Gasteiger partial charge in [0.05, 0.1) is 13.7 Å². The molecule has 2 rings (SSSR count). The summed E-state index contributed by atoms with van der Waals surface area (Å²) >= 11 is 0. The highest BCUT2D eigenvalue weighted by molar-refractivity contribution is 7.60. The van der Waals surface area contributed by atoms with Gasteiger partial charge in [-0.05, 0) is 17.5 Å². The third-order valence-corrected chi connectivity index (χ3v) is 6.83. The SMILES string of the molecule is CCN(CC)P(c1cc2ccccc2c(=O)[nH]1)N(CC)CC. The Morgan fingerprint density at radius 2 is 1.50 bits per heavy atom. The molecule has 5 heteroatoms. The van der Waals surface area contributed by atoms with E-state index in [4.69, 9.17) is 0 Å². The van der Waals surface area contributed by atoms with Gasteiger partial charge in [-0.2, -0.15) is 0 Å². The lowest BCUT2D eigenvalue weighted by Crippen LogP contribution is -2.36. The van der Waals surface area contributed by atoms with Crippen molar-refractivity contribution < 1.29 is 0 Å². The van der Waals surface area contributed by atoms with Crippen LogP contribution in [0.1, 0.15) is 27.7 Å². The van der Waals surface area contributed by atoms with E-state index in [0.29, 0.717) is 0 Å². The summed E-state index contributed by atoms with van der Waals surface area (Å²) in [6.07, 6.45) is 0. The molecule has 120 valence electrons. The minimum Gasteiger partial charge on any atom is -0.319 e. The highest BCUT2D eigenvalue weighted by Crippen LogP contribution is 2.42. The number of nitrogens with one attached hydrogen (secondary N) is 1. The van der Waals surface area contributed by atoms with Crippen molar-refractivity contribution in [1.82, 2.24) is 14.3 Å². The standard InChI is InChI=1S/C17H26N3OP/c1-5-19(6-2)22(20(7-3)8-4)16-13-14-11-9-10-12-15(14)17(21)18-16/h9-13H,5-8H2,1-4H3,(H,18,21). The molecule has 0 atom stereocenters. The Morgan fingerprint density at radius 3 is 2.05 bits per heavy atom. The molecular weight excluding hydrogens is 293 g/mol. The Kier molecular flexibility index (Phi) is 6.13. The van der Waals surface area contributed by atoms with Crippen LogP contribution in [0, 0.1) is 0 Å². The number of hydrogen-bond donors (Lipinski definition) is 1. The molecule has 0 unspecified atom stereocenters. The van der Waals surface area contributed by atoms with Crippen LogP contribution in [0.3, 0.4) is 0 Å². The van der Waals surface area contributed by atoms with E-state index >= 15 is 0 Å². The van der Waals surface area contributed by atoms with Gasteiger partial charge >= 0.3 is 0 Å². The predicted molar refractivity (Wildman–Crippen MR) is 97.0 cm³/mol. The average Bonchev–Trinajstić information content (AvgIpc) is 2.55. The molecule has 0 aliphatic rings. The number of fused-ring (bicyclic) bond motifs is 1. The molecule has 0 amide bonds. The molecule has 0 fully saturated rings. The first kappa shape index (κ1) is 17.1. The Hall–Kier alpha value is -1.22. The van der Waals surface area contributed by atoms with Crippen molar-refractivity contribution in [2.24, 2.45) is 0 Å². The van der Waals surface area contributed by atoms with E-state index in [2.05, 4.69) is 48.1 Å². The van der Waals surface area contributed by atoms with Gasteiger partial charge in [-0.3, -0.25) is 14.1 Å². The van der Waals surface area contributed by atoms with Crippen LogP contribution in [-0.2, 0) is 0 Å². The Bertz CT molecular complexity index is 650. The summed E-state index contributed by atoms with van der Waals surface area (Å²) in [5.41, 5.74) is 1.06. The quantitative estimate of drug-likeness (QED) is 0.797. The van der Waals surface area contributed by atoms with Gasteiger partial charge in [-0.25, -0.2) is 0 Å². The zero-order valence-electron chi connectivity index (χ0n) is 14.0. The van der Waals surface area contributed by atoms with Gasteiger partial charge in [-0.15, -0.1) is 0 Å². The topological polar surface area (TPSA) is 39.3 Å². The second kappa shape index (κ2) is 7.87. The molecule has 0 bridgehead atoms. The van der Waals surface area contributed by atoms with Crippen LogP contribution >= 0.6 is 8.22 Å². The maximum absolute atomic E-state index is 12.4. The van der Waals surface area contributed by atoms with Crippen LogP contribution < -0.4 is 11.0 Å². The fraction of sp³-hybridized carbons (Fsp3) is 0.471. The van der Waals surface area contributed by atoms with E-state index in [1.54, 1.807) is 0 Å². The molecule has 0 aliphatic heterocycles. The van der Waals surface area contributed by atoms with E-state index in [1.165, 1.54) is 0 Å². The van der Waals surface area contributed by atoms with Crippen LogP contribution in [0.2, 0.25) is 0 Å². The van der Waals surface area contributed by atoms with Crippen LogP contribution in [0.15, 0.2) is 35.1 Å². The molecular formula is C17H26N3OP. The summed E-state index contributed by atoms with van der Waals surface area (Å²) in [6.45, 7) is 12.6. The number of hydrogen-bond acceptors (Lipinski definition) is 3. The van der Waals surface area contributed by atoms with Gasteiger partial charge in [0.25, 0.3) is 5.56 Å². The number of rotatable bonds is 7. The molecule has 4 nitrogen and oxygen atoms in total. The summed E-state index contributed by atoms with van der Waals surface area (Å²) in [6, 6.07) is 9.96. The molecule has 1 heterocycles. The van der Waals surface area contributed by atoms with Gasteiger partial charge in [0.1, 0.15) is 0 Å². The monoisotopic (exact) mass is 319 g/mol. The number of aromatic nitrogens is 1. The molecule has 2 aromatic rings. The van der Waals surface area contributed by atoms with Gasteiger partial charge in [0.2, 0.25) is 0 Å². The smallest absolute Gasteiger partial charge is 0.256 e. The lowest BCUT2D eigenvalue weighted by molar-refractivity contribution is 0.429. The summed E-state index contributed by atoms with van der Waals surface area (Å²) < 4.78 is 4.89. The Balaban J connectivity index is 2.58. The second-order valence-electron chi connectivity index (χ2n) is 5.14. The fourth-order valence-corrected chi connectivity index (χ4v) is 5.27. The Morgan fingerprint density at radius 1 is 0.955 bits per heavy atom. The zero-order valence-corrected chi connectivity index (χ0v) is 14.9. The number of nitrogens with zero attached hydrogens (tertiary/aromatic N) is 2. The van der Waals surface area contributed by atoms with Crippen LogP contribution in [-0.4, -0.2) is 40.5 Å². The number of aromatic amines is 1. The van der Waals surface area contributed by atoms with Crippen LogP contribution in [0.25, 0.3) is 10.8 Å². The first-order valence-corrected chi connectivity index (χ1v) is 9.32. The van der Waals surface area contributed by atoms with Crippen molar-refractivity contribution in [3.8, 4) is 0 Å². The van der Waals surface area contributed by atoms with E-state index in [0.717, 1.165) is 42.4 Å². The van der Waals surface area contributed by atoms with E-state index < -0.39 is 8.22 Å². The normalized spacial score (nSPS) is 12.0. The number of benzene rings is 1. The predicted octanol–water partition coefficient (Wildman–Crippen LogP) is 3.15. The average molecular weight is 319 g/mol. The molecule has 0 radical (unpaired) electrons. The highest BCUT2D eigenvalue weighted by Gasteiger charge is 2.25. The third kappa shape index (κ3) is 3.40. The largest absolute Gasteiger partial charge is 0.319 e. The van der Waals surface area contributed by atoms with Crippen molar-refractivity contribution in [3.63, 3.8) is 0 Å². The molecule has 0 saturated heterocycles. The summed E-state index contributed by atoms with van der Waals surface area (Å²) in [5, 5.41) is 1.79. The Labute approximate surface area is 134 Å². The van der Waals surface area contributed by atoms with Crippen LogP contribution in [0.4, 0.5) is 0 Å². The lowest BCUT2D eigenvalue weighted by Gasteiger charge is -2.37. The van der Waals surface area contributed by atoms with Gasteiger partial charge in [0, 0.05) is 31.6 Å². The molecule has 0 aliphatic carbocycles. The van der Waals surface area contributed by atoms with E-state index in [9.17, 15) is 4.79 Å². The fourth-order valence-electron chi connectivity index (χ4n) is 2.77.